The predicted octanol–water partition coefficient (Wildman–Crippen LogP) is 3.12. The topological polar surface area (TPSA) is 46.5 Å². The Morgan fingerprint density at radius 3 is 2.69 bits per heavy atom. The van der Waals surface area contributed by atoms with Crippen LogP contribution in [0.3, 0.4) is 0 Å². The van der Waals surface area contributed by atoms with Gasteiger partial charge in [0.05, 0.1) is 15.5 Å². The first kappa shape index (κ1) is 10.8. The second-order valence-corrected chi connectivity index (χ2v) is 6.28. The van der Waals surface area contributed by atoms with E-state index in [1.807, 2.05) is 19.1 Å². The fraction of sp³-hybridized carbons (Fsp3) is 0.250. The lowest BCUT2D eigenvalue weighted by molar-refractivity contribution is 0.402. The molecule has 13 heavy (non-hydrogen) atoms. The second kappa shape index (κ2) is 4.27. The van der Waals surface area contributed by atoms with E-state index in [0.717, 1.165) is 12.0 Å². The maximum atomic E-state index is 10.9. The fourth-order valence-corrected chi connectivity index (χ4v) is 1.89. The summed E-state index contributed by atoms with van der Waals surface area (Å²) in [4.78, 5) is 8.94. The van der Waals surface area contributed by atoms with E-state index in [1.165, 1.54) is 0 Å². The molecule has 0 amide bonds. The van der Waals surface area contributed by atoms with Crippen molar-refractivity contribution in [2.75, 3.05) is 0 Å². The van der Waals surface area contributed by atoms with Crippen LogP contribution in [0, 0.1) is 0 Å². The molecule has 1 aromatic rings. The van der Waals surface area contributed by atoms with Crippen molar-refractivity contribution in [2.45, 2.75) is 13.3 Å². The Balaban J connectivity index is 2.94. The third-order valence-corrected chi connectivity index (χ3v) is 2.42. The molecular formula is C8H10BrO3P. The van der Waals surface area contributed by atoms with Gasteiger partial charge in [-0.3, -0.25) is 0 Å². The van der Waals surface area contributed by atoms with E-state index in [0.29, 0.717) is 5.75 Å². The molecule has 0 fully saturated rings. The lowest BCUT2D eigenvalue weighted by Crippen LogP contribution is -1.90. The molecule has 0 aromatic heterocycles. The molecular weight excluding hydrogens is 255 g/mol. The number of benzene rings is 1. The average molecular weight is 265 g/mol. The van der Waals surface area contributed by atoms with Crippen molar-refractivity contribution in [3.05, 3.63) is 29.8 Å². The number of rotatable bonds is 3. The van der Waals surface area contributed by atoms with Gasteiger partial charge in [-0.15, -0.1) is 0 Å². The summed E-state index contributed by atoms with van der Waals surface area (Å²) in [5.41, 5.74) is 0.913. The fourth-order valence-electron chi connectivity index (χ4n) is 1.01. The number of halogens is 1. The number of hydrogen-bond donors (Lipinski definition) is 1. The van der Waals surface area contributed by atoms with E-state index in [2.05, 4.69) is 15.5 Å². The van der Waals surface area contributed by atoms with Crippen LogP contribution >= 0.6 is 21.8 Å². The Hall–Kier alpha value is -0.310. The van der Waals surface area contributed by atoms with Gasteiger partial charge in [0.1, 0.15) is 5.75 Å². The van der Waals surface area contributed by atoms with Crippen LogP contribution in [0.4, 0.5) is 0 Å². The molecule has 0 aliphatic heterocycles. The summed E-state index contributed by atoms with van der Waals surface area (Å²) < 4.78 is 15.8. The van der Waals surface area contributed by atoms with Crippen LogP contribution in [0.15, 0.2) is 24.3 Å². The van der Waals surface area contributed by atoms with Crippen LogP contribution in [-0.2, 0) is 11.0 Å². The van der Waals surface area contributed by atoms with Crippen LogP contribution in [0.2, 0.25) is 0 Å². The van der Waals surface area contributed by atoms with Gasteiger partial charge in [0.15, 0.2) is 0 Å². The number of para-hydroxylation sites is 1. The molecule has 3 nitrogen and oxygen atoms in total. The first-order valence-corrected chi connectivity index (χ1v) is 7.42. The van der Waals surface area contributed by atoms with Gasteiger partial charge in [0.25, 0.3) is 0 Å². The van der Waals surface area contributed by atoms with Gasteiger partial charge in [-0.2, -0.15) is 0 Å². The molecule has 0 saturated heterocycles. The molecule has 1 aromatic carbocycles. The SMILES string of the molecule is CCc1ccccc1OP(=O)(O)Br. The minimum absolute atomic E-state index is 0.452. The standard InChI is InChI=1S/C8H10BrO3P/c1-2-7-5-3-4-6-8(7)12-13(9,10)11/h3-6H,2H2,1H3,(H,10,11). The molecule has 1 atom stereocenters. The van der Waals surface area contributed by atoms with Crippen LogP contribution in [0.1, 0.15) is 12.5 Å². The van der Waals surface area contributed by atoms with Crippen molar-refractivity contribution >= 4 is 21.8 Å². The minimum Gasteiger partial charge on any atom is -0.417 e. The molecule has 0 saturated carbocycles. The van der Waals surface area contributed by atoms with Gasteiger partial charge in [-0.05, 0) is 18.1 Å². The van der Waals surface area contributed by atoms with Crippen molar-refractivity contribution < 1.29 is 14.0 Å². The zero-order valence-electron chi connectivity index (χ0n) is 7.11. The molecule has 1 unspecified atom stereocenters. The normalized spacial score (nSPS) is 15.0. The molecule has 0 spiro atoms. The zero-order chi connectivity index (χ0) is 9.90. The molecule has 1 rings (SSSR count). The van der Waals surface area contributed by atoms with Gasteiger partial charge in [0.2, 0.25) is 0 Å². The lowest BCUT2D eigenvalue weighted by Gasteiger charge is -2.10. The molecule has 5 heteroatoms. The highest BCUT2D eigenvalue weighted by molar-refractivity contribution is 9.39. The smallest absolute Gasteiger partial charge is 0.417 e. The van der Waals surface area contributed by atoms with Crippen LogP contribution in [0.5, 0.6) is 5.75 Å². The van der Waals surface area contributed by atoms with Crippen LogP contribution < -0.4 is 4.52 Å². The van der Waals surface area contributed by atoms with Crippen LogP contribution in [0.25, 0.3) is 0 Å². The van der Waals surface area contributed by atoms with Gasteiger partial charge >= 0.3 is 6.30 Å². The average Bonchev–Trinajstić information content (AvgIpc) is 2.02. The highest BCUT2D eigenvalue weighted by Crippen LogP contribution is 2.50. The molecule has 0 bridgehead atoms. The first-order chi connectivity index (χ1) is 6.03. The summed E-state index contributed by atoms with van der Waals surface area (Å²) in [6, 6.07) is 7.15. The predicted molar refractivity (Wildman–Crippen MR) is 55.2 cm³/mol. The highest BCUT2D eigenvalue weighted by atomic mass is 79.9. The summed E-state index contributed by atoms with van der Waals surface area (Å²) in [6.07, 6.45) is -2.85. The Kier molecular flexibility index (Phi) is 3.54. The Bertz CT molecular complexity index is 334. The lowest BCUT2D eigenvalue weighted by atomic mass is 10.1. The number of aryl methyl sites for hydroxylation is 1. The Morgan fingerprint density at radius 2 is 2.15 bits per heavy atom. The van der Waals surface area contributed by atoms with Gasteiger partial charge in [-0.1, -0.05) is 25.1 Å². The molecule has 0 radical (unpaired) electrons. The highest BCUT2D eigenvalue weighted by Gasteiger charge is 2.16. The van der Waals surface area contributed by atoms with Crippen molar-refractivity contribution in [2.24, 2.45) is 0 Å². The molecule has 0 aliphatic rings. The third kappa shape index (κ3) is 3.51. The van der Waals surface area contributed by atoms with E-state index in [9.17, 15) is 4.57 Å². The monoisotopic (exact) mass is 264 g/mol. The molecule has 0 heterocycles. The molecule has 72 valence electrons. The summed E-state index contributed by atoms with van der Waals surface area (Å²) in [7, 11) is 0. The summed E-state index contributed by atoms with van der Waals surface area (Å²) in [5.74, 6) is 0.452. The third-order valence-electron chi connectivity index (χ3n) is 1.56. The van der Waals surface area contributed by atoms with E-state index in [1.54, 1.807) is 12.1 Å². The van der Waals surface area contributed by atoms with E-state index in [4.69, 9.17) is 9.42 Å². The zero-order valence-corrected chi connectivity index (χ0v) is 9.59. The number of hydrogen-bond acceptors (Lipinski definition) is 2. The molecule has 1 N–H and O–H groups in total. The van der Waals surface area contributed by atoms with Crippen molar-refractivity contribution in [3.63, 3.8) is 0 Å². The van der Waals surface area contributed by atoms with Crippen molar-refractivity contribution in [3.8, 4) is 5.75 Å². The summed E-state index contributed by atoms with van der Waals surface area (Å²) in [5, 5.41) is 0. The first-order valence-electron chi connectivity index (χ1n) is 3.83. The van der Waals surface area contributed by atoms with E-state index in [-0.39, 0.29) is 0 Å². The summed E-state index contributed by atoms with van der Waals surface area (Å²) in [6.45, 7) is 1.96. The van der Waals surface area contributed by atoms with Gasteiger partial charge in [-0.25, -0.2) is 4.57 Å². The Labute approximate surface area is 85.0 Å². The maximum Gasteiger partial charge on any atom is 0.444 e. The van der Waals surface area contributed by atoms with Crippen LogP contribution in [-0.4, -0.2) is 4.89 Å². The quantitative estimate of drug-likeness (QED) is 0.854. The van der Waals surface area contributed by atoms with Gasteiger partial charge in [0, 0.05) is 0 Å². The summed E-state index contributed by atoms with van der Waals surface area (Å²) >= 11 is 2.57. The second-order valence-electron chi connectivity index (χ2n) is 2.50. The minimum atomic E-state index is -3.62. The van der Waals surface area contributed by atoms with E-state index < -0.39 is 6.30 Å². The van der Waals surface area contributed by atoms with Crippen molar-refractivity contribution in [1.82, 2.24) is 0 Å². The van der Waals surface area contributed by atoms with Gasteiger partial charge < -0.3 is 9.42 Å². The molecule has 0 aliphatic carbocycles. The maximum absolute atomic E-state index is 10.9. The largest absolute Gasteiger partial charge is 0.444 e. The van der Waals surface area contributed by atoms with Crippen molar-refractivity contribution in [1.29, 1.82) is 0 Å². The van der Waals surface area contributed by atoms with E-state index >= 15 is 0 Å². The Morgan fingerprint density at radius 1 is 1.54 bits per heavy atom.